The molecule has 0 unspecified atom stereocenters. The Morgan fingerprint density at radius 2 is 1.37 bits per heavy atom. The van der Waals surface area contributed by atoms with E-state index in [0.29, 0.717) is 0 Å². The molecule has 2 fully saturated rings. The molecule has 2 saturated carbocycles. The summed E-state index contributed by atoms with van der Waals surface area (Å²) in [4.78, 5) is 0. The number of para-hydroxylation sites is 1. The summed E-state index contributed by atoms with van der Waals surface area (Å²) in [7, 11) is 2.33. The maximum Gasteiger partial charge on any atom is 0.295 e. The number of nitrogens with zero attached hydrogens (tertiary/aromatic N) is 2. The lowest BCUT2D eigenvalue weighted by atomic mass is 9.45. The van der Waals surface area contributed by atoms with E-state index in [9.17, 15) is 0 Å². The number of hydrogen-bond acceptors (Lipinski definition) is 0. The van der Waals surface area contributed by atoms with Gasteiger partial charge in [0.15, 0.2) is 11.4 Å². The van der Waals surface area contributed by atoms with Gasteiger partial charge < -0.3 is 0 Å². The van der Waals surface area contributed by atoms with E-state index < -0.39 is 0 Å². The third-order valence-corrected chi connectivity index (χ3v) is 10.2. The fourth-order valence-corrected chi connectivity index (χ4v) is 8.97. The van der Waals surface area contributed by atoms with Crippen LogP contribution in [0.2, 0.25) is 0 Å². The average molecular weight is 458 g/mol. The topological polar surface area (TPSA) is 8.29 Å². The van der Waals surface area contributed by atoms with Gasteiger partial charge in [-0.1, -0.05) is 92.4 Å². The molecule has 0 bridgehead atoms. The summed E-state index contributed by atoms with van der Waals surface area (Å²) in [5.74, 6) is 0. The summed E-state index contributed by atoms with van der Waals surface area (Å²) >= 11 is 0. The van der Waals surface area contributed by atoms with Crippen molar-refractivity contribution in [1.82, 2.24) is 4.40 Å². The van der Waals surface area contributed by atoms with E-state index in [-0.39, 0.29) is 10.8 Å². The van der Waals surface area contributed by atoms with Crippen LogP contribution in [0, 0.1) is 6.92 Å². The zero-order valence-electron chi connectivity index (χ0n) is 20.9. The number of aromatic nitrogens is 2. The Kier molecular flexibility index (Phi) is 3.88. The molecule has 8 rings (SSSR count). The molecule has 0 atom stereocenters. The quantitative estimate of drug-likeness (QED) is 0.180. The summed E-state index contributed by atoms with van der Waals surface area (Å²) in [6.07, 6.45) is 10.7. The summed E-state index contributed by atoms with van der Waals surface area (Å²) in [6, 6.07) is 25.4. The molecule has 2 heteroatoms. The maximum absolute atomic E-state index is 2.76. The summed E-state index contributed by atoms with van der Waals surface area (Å²) < 4.78 is 5.32. The van der Waals surface area contributed by atoms with Crippen molar-refractivity contribution in [3.05, 3.63) is 83.6 Å². The first-order valence-electron chi connectivity index (χ1n) is 13.6. The summed E-state index contributed by atoms with van der Waals surface area (Å²) in [5.41, 5.74) is 10.8. The lowest BCUT2D eigenvalue weighted by Crippen LogP contribution is -2.56. The van der Waals surface area contributed by atoms with Crippen LogP contribution in [0.3, 0.4) is 0 Å². The second-order valence-electron chi connectivity index (χ2n) is 11.6. The second-order valence-corrected chi connectivity index (χ2v) is 11.6. The molecule has 35 heavy (non-hydrogen) atoms. The van der Waals surface area contributed by atoms with Crippen LogP contribution in [-0.4, -0.2) is 4.40 Å². The fourth-order valence-electron chi connectivity index (χ4n) is 8.97. The number of fused-ring (bicyclic) bond motifs is 3. The van der Waals surface area contributed by atoms with Crippen LogP contribution < -0.4 is 4.57 Å². The van der Waals surface area contributed by atoms with Crippen molar-refractivity contribution in [2.45, 2.75) is 69.1 Å². The van der Waals surface area contributed by atoms with Gasteiger partial charge in [-0.2, -0.15) is 4.40 Å². The standard InChI is InChI=1S/C33H33N2/c1-22-12-10-15-24-25-16-11-17-26-29(25)35-30(33-20-8-6-18-32(26,33)19-7-9-21-33)28(23-13-4-3-5-14-23)34(2)31(35)27(22)24/h3-5,10-17H,6-9,18-21H2,1-2H3/q+1. The Balaban J connectivity index is 1.72. The normalized spacial score (nSPS) is 25.3. The summed E-state index contributed by atoms with van der Waals surface area (Å²) in [6.45, 7) is 2.29. The number of rotatable bonds is 1. The van der Waals surface area contributed by atoms with Gasteiger partial charge in [0, 0.05) is 32.7 Å². The van der Waals surface area contributed by atoms with E-state index in [1.807, 2.05) is 0 Å². The molecule has 3 heterocycles. The van der Waals surface area contributed by atoms with Gasteiger partial charge in [-0.25, -0.2) is 4.57 Å². The highest BCUT2D eigenvalue weighted by Crippen LogP contribution is 2.65. The largest absolute Gasteiger partial charge is 0.295 e. The predicted octanol–water partition coefficient (Wildman–Crippen LogP) is 7.68. The van der Waals surface area contributed by atoms with Gasteiger partial charge >= 0.3 is 0 Å². The van der Waals surface area contributed by atoms with Crippen LogP contribution >= 0.6 is 0 Å². The highest BCUT2D eigenvalue weighted by molar-refractivity contribution is 6.14. The minimum Gasteiger partial charge on any atom is -0.225 e. The SMILES string of the molecule is Cc1cccc2c3cccc4c3n3c(c(-c5ccccc5)[n+](C)c3c12)C12CCCCC41CCCC2. The summed E-state index contributed by atoms with van der Waals surface area (Å²) in [5, 5.41) is 4.26. The number of aryl methyl sites for hydroxylation is 2. The van der Waals surface area contributed by atoms with E-state index in [4.69, 9.17) is 0 Å². The molecule has 0 N–H and O–H groups in total. The smallest absolute Gasteiger partial charge is 0.225 e. The van der Waals surface area contributed by atoms with Crippen molar-refractivity contribution in [2.24, 2.45) is 7.05 Å². The van der Waals surface area contributed by atoms with E-state index >= 15 is 0 Å². The van der Waals surface area contributed by atoms with Gasteiger partial charge in [0.2, 0.25) is 0 Å². The molecule has 0 saturated heterocycles. The lowest BCUT2D eigenvalue weighted by molar-refractivity contribution is -0.632. The molecule has 174 valence electrons. The van der Waals surface area contributed by atoms with E-state index in [1.165, 1.54) is 95.5 Å². The molecule has 2 nitrogen and oxygen atoms in total. The molecule has 0 amide bonds. The molecule has 3 aromatic carbocycles. The van der Waals surface area contributed by atoms with Gasteiger partial charge in [0.1, 0.15) is 5.52 Å². The zero-order chi connectivity index (χ0) is 23.4. The Labute approximate surface area is 207 Å². The Bertz CT molecular complexity index is 1660. The van der Waals surface area contributed by atoms with E-state index in [0.717, 1.165) is 0 Å². The first kappa shape index (κ1) is 20.1. The molecular formula is C33H33N2+. The van der Waals surface area contributed by atoms with Crippen molar-refractivity contribution in [3.63, 3.8) is 0 Å². The van der Waals surface area contributed by atoms with E-state index in [1.54, 1.807) is 11.3 Å². The van der Waals surface area contributed by atoms with Crippen molar-refractivity contribution in [2.75, 3.05) is 0 Å². The fraction of sp³-hybridized carbons (Fsp3) is 0.364. The highest BCUT2D eigenvalue weighted by Gasteiger charge is 2.63. The third-order valence-electron chi connectivity index (χ3n) is 10.2. The van der Waals surface area contributed by atoms with Crippen molar-refractivity contribution < 1.29 is 4.57 Å². The molecule has 0 spiro atoms. The zero-order valence-corrected chi connectivity index (χ0v) is 20.9. The number of imidazole rings is 1. The molecular weight excluding hydrogens is 424 g/mol. The van der Waals surface area contributed by atoms with Gasteiger partial charge in [-0.15, -0.1) is 0 Å². The predicted molar refractivity (Wildman–Crippen MR) is 144 cm³/mol. The minimum atomic E-state index is 0.219. The number of pyridine rings is 1. The Morgan fingerprint density at radius 3 is 2.11 bits per heavy atom. The van der Waals surface area contributed by atoms with Crippen LogP contribution in [0.4, 0.5) is 0 Å². The first-order valence-corrected chi connectivity index (χ1v) is 13.6. The number of hydrogen-bond donors (Lipinski definition) is 0. The van der Waals surface area contributed by atoms with Crippen LogP contribution in [0.25, 0.3) is 38.6 Å². The van der Waals surface area contributed by atoms with Crippen LogP contribution in [-0.2, 0) is 17.9 Å². The average Bonchev–Trinajstić information content (AvgIpc) is 3.22. The van der Waals surface area contributed by atoms with Gasteiger partial charge in [0.05, 0.1) is 12.4 Å². The van der Waals surface area contributed by atoms with Crippen molar-refractivity contribution in [3.8, 4) is 11.3 Å². The van der Waals surface area contributed by atoms with Crippen LogP contribution in [0.5, 0.6) is 0 Å². The maximum atomic E-state index is 2.76. The molecule has 0 radical (unpaired) electrons. The van der Waals surface area contributed by atoms with Crippen molar-refractivity contribution in [1.29, 1.82) is 0 Å². The first-order chi connectivity index (χ1) is 17.2. The molecule has 5 aromatic rings. The highest BCUT2D eigenvalue weighted by atomic mass is 15.1. The van der Waals surface area contributed by atoms with Crippen molar-refractivity contribution >= 4 is 27.3 Å². The monoisotopic (exact) mass is 457 g/mol. The lowest BCUT2D eigenvalue weighted by Gasteiger charge is -2.57. The molecule has 3 aliphatic rings. The van der Waals surface area contributed by atoms with E-state index in [2.05, 4.69) is 89.7 Å². The van der Waals surface area contributed by atoms with Gasteiger partial charge in [0.25, 0.3) is 5.65 Å². The molecule has 2 aromatic heterocycles. The third kappa shape index (κ3) is 2.21. The van der Waals surface area contributed by atoms with Gasteiger partial charge in [-0.3, -0.25) is 0 Å². The van der Waals surface area contributed by atoms with Crippen LogP contribution in [0.15, 0.2) is 66.7 Å². The number of benzene rings is 3. The van der Waals surface area contributed by atoms with Gasteiger partial charge in [-0.05, 0) is 38.2 Å². The Morgan fingerprint density at radius 1 is 0.714 bits per heavy atom. The second kappa shape index (κ2) is 6.75. The molecule has 2 aliphatic carbocycles. The van der Waals surface area contributed by atoms with Crippen LogP contribution in [0.1, 0.15) is 68.2 Å². The minimum absolute atomic E-state index is 0.219. The molecule has 1 aliphatic heterocycles. The Hall–Kier alpha value is -3.13.